The number of halogens is 1. The van der Waals surface area contributed by atoms with E-state index in [1.807, 2.05) is 26.0 Å². The number of nitrogen functional groups attached to an aromatic ring is 1. The number of anilines is 2. The summed E-state index contributed by atoms with van der Waals surface area (Å²) in [5.41, 5.74) is 4.69. The van der Waals surface area contributed by atoms with E-state index in [9.17, 15) is 4.39 Å². The van der Waals surface area contributed by atoms with Gasteiger partial charge in [-0.25, -0.2) is 15.2 Å². The second-order valence-electron chi connectivity index (χ2n) is 4.74. The quantitative estimate of drug-likeness (QED) is 0.591. The monoisotopic (exact) mass is 275 g/mol. The van der Waals surface area contributed by atoms with Crippen LogP contribution in [0.25, 0.3) is 0 Å². The molecule has 0 aliphatic rings. The maximum atomic E-state index is 13.6. The molecule has 0 radical (unpaired) electrons. The molecule has 0 spiro atoms. The standard InChI is InChI=1S/C14H18FN5/c1-8-4-5-11(7-12(8)15)10(3)18-13-6-9(2)17-14(19-13)20-16/h4-7,10H,16H2,1-3H3,(H2,17,18,19,20). The molecule has 5 nitrogen and oxygen atoms in total. The SMILES string of the molecule is Cc1cc(NC(C)c2ccc(C)c(F)c2)nc(NN)n1. The van der Waals surface area contributed by atoms with E-state index in [-0.39, 0.29) is 11.9 Å². The second-order valence-corrected chi connectivity index (χ2v) is 4.74. The molecule has 2 aromatic rings. The summed E-state index contributed by atoms with van der Waals surface area (Å²) < 4.78 is 13.6. The average Bonchev–Trinajstić information content (AvgIpc) is 2.41. The van der Waals surface area contributed by atoms with Gasteiger partial charge in [0.05, 0.1) is 6.04 Å². The normalized spacial score (nSPS) is 12.1. The minimum absolute atomic E-state index is 0.0787. The molecule has 0 saturated carbocycles. The third-order valence-corrected chi connectivity index (χ3v) is 3.04. The van der Waals surface area contributed by atoms with Crippen molar-refractivity contribution in [2.75, 3.05) is 10.7 Å². The molecule has 0 amide bonds. The summed E-state index contributed by atoms with van der Waals surface area (Å²) in [5.74, 6) is 6.09. The lowest BCUT2D eigenvalue weighted by atomic mass is 10.1. The van der Waals surface area contributed by atoms with Crippen LogP contribution in [0.3, 0.4) is 0 Å². The zero-order valence-corrected chi connectivity index (χ0v) is 11.7. The Morgan fingerprint density at radius 3 is 2.60 bits per heavy atom. The molecule has 1 heterocycles. The summed E-state index contributed by atoms with van der Waals surface area (Å²) in [6, 6.07) is 6.92. The molecule has 0 fully saturated rings. The van der Waals surface area contributed by atoms with Crippen molar-refractivity contribution in [1.29, 1.82) is 0 Å². The van der Waals surface area contributed by atoms with Gasteiger partial charge in [0.1, 0.15) is 11.6 Å². The van der Waals surface area contributed by atoms with Gasteiger partial charge in [-0.05, 0) is 38.0 Å². The molecule has 0 aliphatic heterocycles. The van der Waals surface area contributed by atoms with Crippen molar-refractivity contribution >= 4 is 11.8 Å². The molecule has 1 unspecified atom stereocenters. The average molecular weight is 275 g/mol. The van der Waals surface area contributed by atoms with E-state index >= 15 is 0 Å². The highest BCUT2D eigenvalue weighted by molar-refractivity contribution is 5.44. The van der Waals surface area contributed by atoms with Crippen molar-refractivity contribution in [2.45, 2.75) is 26.8 Å². The van der Waals surface area contributed by atoms with E-state index in [4.69, 9.17) is 5.84 Å². The minimum atomic E-state index is -0.209. The Kier molecular flexibility index (Phi) is 4.14. The number of hydrogen-bond donors (Lipinski definition) is 3. The highest BCUT2D eigenvalue weighted by Gasteiger charge is 2.09. The molecule has 0 saturated heterocycles. The molecule has 20 heavy (non-hydrogen) atoms. The highest BCUT2D eigenvalue weighted by atomic mass is 19.1. The smallest absolute Gasteiger partial charge is 0.239 e. The predicted octanol–water partition coefficient (Wildman–Crippen LogP) is 2.69. The Labute approximate surface area is 117 Å². The van der Waals surface area contributed by atoms with E-state index in [1.165, 1.54) is 6.07 Å². The number of nitrogens with one attached hydrogen (secondary N) is 2. The molecule has 1 aromatic carbocycles. The van der Waals surface area contributed by atoms with Gasteiger partial charge in [-0.1, -0.05) is 12.1 Å². The van der Waals surface area contributed by atoms with Crippen molar-refractivity contribution < 1.29 is 4.39 Å². The Balaban J connectivity index is 2.20. The van der Waals surface area contributed by atoms with Gasteiger partial charge >= 0.3 is 0 Å². The molecule has 0 bridgehead atoms. The maximum Gasteiger partial charge on any atom is 0.239 e. The number of nitrogens with zero attached hydrogens (tertiary/aromatic N) is 2. The van der Waals surface area contributed by atoms with Gasteiger partial charge in [0, 0.05) is 11.8 Å². The van der Waals surface area contributed by atoms with Gasteiger partial charge < -0.3 is 5.32 Å². The number of aryl methyl sites for hydroxylation is 2. The van der Waals surface area contributed by atoms with Crippen LogP contribution in [0, 0.1) is 19.7 Å². The number of rotatable bonds is 4. The van der Waals surface area contributed by atoms with E-state index in [2.05, 4.69) is 20.7 Å². The van der Waals surface area contributed by atoms with Gasteiger partial charge in [-0.15, -0.1) is 0 Å². The molecule has 1 aromatic heterocycles. The summed E-state index contributed by atoms with van der Waals surface area (Å²) in [6.07, 6.45) is 0. The Bertz CT molecular complexity index is 615. The Hall–Kier alpha value is -2.21. The zero-order chi connectivity index (χ0) is 14.7. The van der Waals surface area contributed by atoms with Crippen LogP contribution in [0.2, 0.25) is 0 Å². The van der Waals surface area contributed by atoms with Crippen LogP contribution in [0.1, 0.15) is 29.8 Å². The van der Waals surface area contributed by atoms with Crippen LogP contribution in [-0.4, -0.2) is 9.97 Å². The van der Waals surface area contributed by atoms with Crippen LogP contribution in [0.15, 0.2) is 24.3 Å². The van der Waals surface area contributed by atoms with Crippen molar-refractivity contribution in [2.24, 2.45) is 5.84 Å². The second kappa shape index (κ2) is 5.83. The van der Waals surface area contributed by atoms with Crippen LogP contribution < -0.4 is 16.6 Å². The molecule has 1 atom stereocenters. The summed E-state index contributed by atoms with van der Waals surface area (Å²) in [7, 11) is 0. The fourth-order valence-electron chi connectivity index (χ4n) is 1.89. The van der Waals surface area contributed by atoms with Crippen LogP contribution in [-0.2, 0) is 0 Å². The molecular weight excluding hydrogens is 257 g/mol. The fourth-order valence-corrected chi connectivity index (χ4v) is 1.89. The number of hydrazine groups is 1. The third kappa shape index (κ3) is 3.21. The molecule has 106 valence electrons. The lowest BCUT2D eigenvalue weighted by Crippen LogP contribution is -2.14. The Morgan fingerprint density at radius 1 is 1.20 bits per heavy atom. The number of hydrogen-bond acceptors (Lipinski definition) is 5. The fraction of sp³-hybridized carbons (Fsp3) is 0.286. The van der Waals surface area contributed by atoms with Crippen LogP contribution in [0.5, 0.6) is 0 Å². The van der Waals surface area contributed by atoms with Crippen molar-refractivity contribution in [3.8, 4) is 0 Å². The first-order valence-electron chi connectivity index (χ1n) is 6.34. The number of benzene rings is 1. The molecule has 0 aliphatic carbocycles. The zero-order valence-electron chi connectivity index (χ0n) is 11.7. The topological polar surface area (TPSA) is 75.9 Å². The van der Waals surface area contributed by atoms with Gasteiger partial charge in [0.2, 0.25) is 5.95 Å². The number of aromatic nitrogens is 2. The third-order valence-electron chi connectivity index (χ3n) is 3.04. The van der Waals surface area contributed by atoms with Gasteiger partial charge in [0.15, 0.2) is 0 Å². The van der Waals surface area contributed by atoms with Crippen LogP contribution >= 0.6 is 0 Å². The van der Waals surface area contributed by atoms with Crippen molar-refractivity contribution in [3.63, 3.8) is 0 Å². The summed E-state index contributed by atoms with van der Waals surface area (Å²) >= 11 is 0. The van der Waals surface area contributed by atoms with E-state index in [0.29, 0.717) is 17.3 Å². The minimum Gasteiger partial charge on any atom is -0.363 e. The van der Waals surface area contributed by atoms with E-state index in [1.54, 1.807) is 13.0 Å². The lowest BCUT2D eigenvalue weighted by molar-refractivity contribution is 0.614. The van der Waals surface area contributed by atoms with Crippen molar-refractivity contribution in [1.82, 2.24) is 9.97 Å². The van der Waals surface area contributed by atoms with Gasteiger partial charge in [-0.3, -0.25) is 5.43 Å². The lowest BCUT2D eigenvalue weighted by Gasteiger charge is -2.16. The highest BCUT2D eigenvalue weighted by Crippen LogP contribution is 2.21. The maximum absolute atomic E-state index is 13.6. The molecular formula is C14H18FN5. The van der Waals surface area contributed by atoms with E-state index < -0.39 is 0 Å². The van der Waals surface area contributed by atoms with Crippen molar-refractivity contribution in [3.05, 3.63) is 46.9 Å². The predicted molar refractivity (Wildman–Crippen MR) is 77.8 cm³/mol. The molecule has 2 rings (SSSR count). The van der Waals surface area contributed by atoms with Crippen LogP contribution in [0.4, 0.5) is 16.2 Å². The van der Waals surface area contributed by atoms with E-state index in [0.717, 1.165) is 11.3 Å². The Morgan fingerprint density at radius 2 is 1.95 bits per heavy atom. The first-order valence-corrected chi connectivity index (χ1v) is 6.34. The summed E-state index contributed by atoms with van der Waals surface area (Å²) in [4.78, 5) is 8.32. The molecule has 6 heteroatoms. The number of nitrogens with two attached hydrogens (primary N) is 1. The first-order chi connectivity index (χ1) is 9.49. The van der Waals surface area contributed by atoms with Gasteiger partial charge in [-0.2, -0.15) is 4.98 Å². The van der Waals surface area contributed by atoms with Gasteiger partial charge in [0.25, 0.3) is 0 Å². The molecule has 4 N–H and O–H groups in total. The first kappa shape index (κ1) is 14.2. The largest absolute Gasteiger partial charge is 0.363 e. The summed E-state index contributed by atoms with van der Waals surface area (Å²) in [6.45, 7) is 5.53. The summed E-state index contributed by atoms with van der Waals surface area (Å²) in [5, 5.41) is 3.21.